The molecule has 9 heteroatoms. The average molecular weight is 423 g/mol. The molecule has 0 aliphatic rings. The highest BCUT2D eigenvalue weighted by atomic mass is 32.2. The number of carbonyl (C=O) groups excluding carboxylic acids is 2. The first kappa shape index (κ1) is 25.5. The van der Waals surface area contributed by atoms with Crippen molar-refractivity contribution < 1.29 is 18.9 Å². The van der Waals surface area contributed by atoms with E-state index < -0.39 is 20.3 Å². The van der Waals surface area contributed by atoms with Crippen LogP contribution in [0.1, 0.15) is 40.5 Å². The zero-order valence-corrected chi connectivity index (χ0v) is 19.9. The minimum Gasteiger partial charge on any atom is -0.417 e. The Bertz CT molecular complexity index is 499. The topological polar surface area (TPSA) is 76.7 Å². The molecule has 6 nitrogen and oxygen atoms in total. The Labute approximate surface area is 167 Å². The molecular weight excluding hydrogens is 388 g/mol. The van der Waals surface area contributed by atoms with Gasteiger partial charge >= 0.3 is 6.03 Å². The molecule has 0 saturated heterocycles. The lowest BCUT2D eigenvalue weighted by Crippen LogP contribution is -2.41. The first-order chi connectivity index (χ1) is 12.0. The number of carbonyl (C=O) groups is 2. The standard InChI is InChI=1S/C17H34N2O4S2Si/c1-9-13(15(24-5)25-6)14(20)18-16(21)19-22-11-10-12-23-26(7,8)17(2,3)4/h9-12H2,1-8H3,(H2,18,19,20,21). The van der Waals surface area contributed by atoms with Crippen LogP contribution in [0.3, 0.4) is 0 Å². The van der Waals surface area contributed by atoms with Gasteiger partial charge in [0.25, 0.3) is 5.91 Å². The quantitative estimate of drug-likeness (QED) is 0.234. The summed E-state index contributed by atoms with van der Waals surface area (Å²) in [6, 6.07) is -0.659. The fourth-order valence-corrected chi connectivity index (χ4v) is 4.44. The molecule has 0 aliphatic carbocycles. The highest BCUT2D eigenvalue weighted by Crippen LogP contribution is 2.36. The minimum absolute atomic E-state index is 0.170. The predicted octanol–water partition coefficient (Wildman–Crippen LogP) is 4.50. The lowest BCUT2D eigenvalue weighted by Gasteiger charge is -2.36. The molecule has 0 atom stereocenters. The molecule has 0 aliphatic heterocycles. The predicted molar refractivity (Wildman–Crippen MR) is 115 cm³/mol. The highest BCUT2D eigenvalue weighted by molar-refractivity contribution is 8.21. The van der Waals surface area contributed by atoms with E-state index in [1.165, 1.54) is 23.5 Å². The summed E-state index contributed by atoms with van der Waals surface area (Å²) in [4.78, 5) is 29.0. The summed E-state index contributed by atoms with van der Waals surface area (Å²) >= 11 is 2.99. The van der Waals surface area contributed by atoms with Gasteiger partial charge in [-0.05, 0) is 43.5 Å². The van der Waals surface area contributed by atoms with Crippen LogP contribution in [-0.4, -0.2) is 46.0 Å². The first-order valence-electron chi connectivity index (χ1n) is 8.68. The third-order valence-corrected chi connectivity index (χ3v) is 11.1. The summed E-state index contributed by atoms with van der Waals surface area (Å²) in [7, 11) is -1.75. The normalized spacial score (nSPS) is 11.8. The monoisotopic (exact) mass is 422 g/mol. The number of rotatable bonds is 10. The molecule has 3 amide bonds. The molecule has 0 aromatic rings. The van der Waals surface area contributed by atoms with Crippen LogP contribution in [0.4, 0.5) is 4.79 Å². The van der Waals surface area contributed by atoms with Gasteiger partial charge in [-0.2, -0.15) is 0 Å². The largest absolute Gasteiger partial charge is 0.417 e. The van der Waals surface area contributed by atoms with Gasteiger partial charge in [-0.25, -0.2) is 10.3 Å². The molecule has 2 N–H and O–H groups in total. The number of hydroxylamine groups is 1. The van der Waals surface area contributed by atoms with Crippen molar-refractivity contribution in [3.8, 4) is 0 Å². The molecule has 0 radical (unpaired) electrons. The van der Waals surface area contributed by atoms with Crippen LogP contribution in [0, 0.1) is 0 Å². The van der Waals surface area contributed by atoms with Crippen molar-refractivity contribution in [3.63, 3.8) is 0 Å². The number of nitrogens with one attached hydrogen (secondary N) is 2. The molecule has 0 aromatic heterocycles. The van der Waals surface area contributed by atoms with Crippen molar-refractivity contribution in [1.82, 2.24) is 10.8 Å². The van der Waals surface area contributed by atoms with E-state index in [0.29, 0.717) is 31.6 Å². The highest BCUT2D eigenvalue weighted by Gasteiger charge is 2.36. The van der Waals surface area contributed by atoms with E-state index in [9.17, 15) is 9.59 Å². The van der Waals surface area contributed by atoms with Gasteiger partial charge in [-0.1, -0.05) is 27.7 Å². The van der Waals surface area contributed by atoms with Crippen molar-refractivity contribution in [2.24, 2.45) is 0 Å². The van der Waals surface area contributed by atoms with Gasteiger partial charge < -0.3 is 4.43 Å². The molecule has 0 heterocycles. The van der Waals surface area contributed by atoms with Crippen LogP contribution in [0.2, 0.25) is 18.1 Å². The molecule has 0 unspecified atom stereocenters. The molecule has 0 saturated carbocycles. The number of urea groups is 1. The third-order valence-electron chi connectivity index (χ3n) is 4.30. The maximum absolute atomic E-state index is 12.2. The van der Waals surface area contributed by atoms with Crippen LogP contribution in [0.15, 0.2) is 9.81 Å². The smallest absolute Gasteiger partial charge is 0.345 e. The summed E-state index contributed by atoms with van der Waals surface area (Å²) in [5.41, 5.74) is 2.84. The molecule has 152 valence electrons. The second kappa shape index (κ2) is 12.1. The SMILES string of the molecule is CCC(C(=O)NC(=O)NOCCCO[Si](C)(C)C(C)(C)C)=C(SC)SC. The van der Waals surface area contributed by atoms with Crippen molar-refractivity contribution in [2.45, 2.75) is 58.7 Å². The van der Waals surface area contributed by atoms with Gasteiger partial charge in [0.1, 0.15) is 0 Å². The van der Waals surface area contributed by atoms with Crippen molar-refractivity contribution >= 4 is 43.8 Å². The second-order valence-electron chi connectivity index (χ2n) is 7.22. The number of hydrogen-bond donors (Lipinski definition) is 2. The molecule has 0 bridgehead atoms. The number of amides is 3. The Morgan fingerprint density at radius 3 is 2.12 bits per heavy atom. The fraction of sp³-hybridized carbons (Fsp3) is 0.765. The van der Waals surface area contributed by atoms with Crippen LogP contribution in [-0.2, 0) is 14.1 Å². The van der Waals surface area contributed by atoms with E-state index in [4.69, 9.17) is 9.26 Å². The van der Waals surface area contributed by atoms with Crippen LogP contribution >= 0.6 is 23.5 Å². The van der Waals surface area contributed by atoms with Crippen molar-refractivity contribution in [2.75, 3.05) is 25.7 Å². The number of thioether (sulfide) groups is 2. The van der Waals surface area contributed by atoms with Gasteiger partial charge in [0.05, 0.1) is 6.61 Å². The molecular formula is C17H34N2O4S2Si. The van der Waals surface area contributed by atoms with E-state index in [1.54, 1.807) is 0 Å². The molecule has 0 rings (SSSR count). The second-order valence-corrected chi connectivity index (χ2v) is 13.9. The van der Waals surface area contributed by atoms with Gasteiger partial charge in [-0.15, -0.1) is 23.5 Å². The maximum Gasteiger partial charge on any atom is 0.345 e. The van der Waals surface area contributed by atoms with E-state index >= 15 is 0 Å². The number of imide groups is 1. The Morgan fingerprint density at radius 2 is 1.65 bits per heavy atom. The van der Waals surface area contributed by atoms with E-state index in [1.807, 2.05) is 19.4 Å². The minimum atomic E-state index is -1.75. The van der Waals surface area contributed by atoms with Crippen molar-refractivity contribution in [3.05, 3.63) is 9.81 Å². The van der Waals surface area contributed by atoms with Crippen LogP contribution in [0.5, 0.6) is 0 Å². The lowest BCUT2D eigenvalue weighted by atomic mass is 10.2. The van der Waals surface area contributed by atoms with E-state index in [2.05, 4.69) is 44.7 Å². The summed E-state index contributed by atoms with van der Waals surface area (Å²) in [5.74, 6) is -0.395. The van der Waals surface area contributed by atoms with Gasteiger partial charge in [-0.3, -0.25) is 14.9 Å². The Morgan fingerprint density at radius 1 is 1.08 bits per heavy atom. The summed E-state index contributed by atoms with van der Waals surface area (Å²) in [6.45, 7) is 13.8. The molecule has 0 spiro atoms. The van der Waals surface area contributed by atoms with E-state index in [-0.39, 0.29) is 5.04 Å². The van der Waals surface area contributed by atoms with Crippen LogP contribution < -0.4 is 10.8 Å². The average Bonchev–Trinajstić information content (AvgIpc) is 2.54. The maximum atomic E-state index is 12.2. The Kier molecular flexibility index (Phi) is 11.8. The Hall–Kier alpha value is -0.483. The van der Waals surface area contributed by atoms with Crippen molar-refractivity contribution in [1.29, 1.82) is 0 Å². The molecule has 0 aromatic carbocycles. The third kappa shape index (κ3) is 8.94. The zero-order chi connectivity index (χ0) is 20.4. The fourth-order valence-electron chi connectivity index (χ4n) is 1.72. The number of hydrogen-bond acceptors (Lipinski definition) is 6. The van der Waals surface area contributed by atoms with Gasteiger partial charge in [0, 0.05) is 16.4 Å². The molecule has 0 fully saturated rings. The summed E-state index contributed by atoms with van der Waals surface area (Å²) in [6.07, 6.45) is 5.04. The lowest BCUT2D eigenvalue weighted by molar-refractivity contribution is -0.116. The van der Waals surface area contributed by atoms with E-state index in [0.717, 1.165) is 4.24 Å². The molecule has 26 heavy (non-hydrogen) atoms. The summed E-state index contributed by atoms with van der Waals surface area (Å²) in [5, 5.41) is 2.46. The zero-order valence-electron chi connectivity index (χ0n) is 17.3. The van der Waals surface area contributed by atoms with Gasteiger partial charge in [0.2, 0.25) is 0 Å². The summed E-state index contributed by atoms with van der Waals surface area (Å²) < 4.78 is 6.93. The first-order valence-corrected chi connectivity index (χ1v) is 14.0. The Balaban J connectivity index is 4.18. The van der Waals surface area contributed by atoms with Crippen LogP contribution in [0.25, 0.3) is 0 Å². The van der Waals surface area contributed by atoms with Gasteiger partial charge in [0.15, 0.2) is 8.32 Å².